The number of sulfonamides is 2. The zero-order valence-electron chi connectivity index (χ0n) is 29.6. The molecule has 8 N–H and O–H groups in total. The molecule has 0 bridgehead atoms. The molecular weight excluding hydrogens is 749 g/mol. The summed E-state index contributed by atoms with van der Waals surface area (Å²) >= 11 is 0. The molecule has 0 aliphatic heterocycles. The molecule has 0 aliphatic carbocycles. The zero-order chi connectivity index (χ0) is 39.8. The fourth-order valence-corrected chi connectivity index (χ4v) is 6.67. The van der Waals surface area contributed by atoms with Gasteiger partial charge in [-0.1, -0.05) is 41.5 Å². The van der Waals surface area contributed by atoms with Crippen molar-refractivity contribution in [3.8, 4) is 0 Å². The average molecular weight is 785 g/mol. The molecule has 0 saturated heterocycles. The van der Waals surface area contributed by atoms with Gasteiger partial charge in [-0.2, -0.15) is 0 Å². The second-order valence-electron chi connectivity index (χ2n) is 12.0. The number of nitrogens with one attached hydrogen (secondary N) is 8. The van der Waals surface area contributed by atoms with Gasteiger partial charge in [0.1, 0.15) is 0 Å². The third-order valence-electron chi connectivity index (χ3n) is 7.75. The van der Waals surface area contributed by atoms with Crippen LogP contribution in [0.3, 0.4) is 0 Å². The smallest absolute Gasteiger partial charge is 0.308 e. The Hall–Kier alpha value is -6.92. The summed E-state index contributed by atoms with van der Waals surface area (Å²) in [6.07, 6.45) is 0. The van der Waals surface area contributed by atoms with Gasteiger partial charge >= 0.3 is 24.1 Å². The highest BCUT2D eigenvalue weighted by molar-refractivity contribution is 7.90. The van der Waals surface area contributed by atoms with Crippen LogP contribution >= 0.6 is 0 Å². The summed E-state index contributed by atoms with van der Waals surface area (Å²) in [5, 5.41) is 15.3. The molecule has 18 heteroatoms. The normalized spacial score (nSPS) is 11.0. The first-order valence-corrected chi connectivity index (χ1v) is 19.3. The third kappa shape index (κ3) is 11.0. The predicted octanol–water partition coefficient (Wildman–Crippen LogP) is 6.92. The van der Waals surface area contributed by atoms with Crippen molar-refractivity contribution in [2.24, 2.45) is 0 Å². The number of hydrogen-bond acceptors (Lipinski definition) is 8. The van der Waals surface area contributed by atoms with Gasteiger partial charge < -0.3 is 31.9 Å². The number of hydrogen-bond donors (Lipinski definition) is 8. The molecule has 16 nitrogen and oxygen atoms in total. The monoisotopic (exact) mass is 784 g/mol. The van der Waals surface area contributed by atoms with Crippen LogP contribution in [-0.4, -0.2) is 41.0 Å². The average Bonchev–Trinajstić information content (AvgIpc) is 3.12. The van der Waals surface area contributed by atoms with Crippen LogP contribution in [0.25, 0.3) is 0 Å². The predicted molar refractivity (Wildman–Crippen MR) is 210 cm³/mol. The minimum absolute atomic E-state index is 0.113. The van der Waals surface area contributed by atoms with E-state index >= 15 is 0 Å². The fraction of sp³-hybridized carbons (Fsp3) is 0.0811. The van der Waals surface area contributed by atoms with Crippen molar-refractivity contribution in [1.82, 2.24) is 9.44 Å². The van der Waals surface area contributed by atoms with E-state index in [2.05, 4.69) is 31.9 Å². The number of aryl methyl sites for hydroxylation is 2. The van der Waals surface area contributed by atoms with Crippen molar-refractivity contribution in [3.63, 3.8) is 0 Å². The molecular formula is C37H36N8O8S2. The number of carbonyl (C=O) groups excluding carboxylic acids is 4. The van der Waals surface area contributed by atoms with Crippen LogP contribution in [0, 0.1) is 20.8 Å². The van der Waals surface area contributed by atoms with Crippen LogP contribution in [0.4, 0.5) is 53.3 Å². The van der Waals surface area contributed by atoms with E-state index in [9.17, 15) is 36.0 Å². The first kappa shape index (κ1) is 39.3. The topological polar surface area (TPSA) is 233 Å². The standard InChI is InChI=1S/C37H36N8O8S2/c1-23-7-11-26(12-8-23)38-34(46)40-28-15-19-30(20-16-28)54(50,51)44-36(48)42-32-5-4-6-33(25(32)3)43-37(49)45-55(52,53)31-21-17-29(18-22-31)41-35(47)39-27-13-9-24(2)10-14-27/h4-22H,1-3H3,(H2,38,40,46)(H2,39,41,47)(H2,42,44,48)(H2,43,45,49). The van der Waals surface area contributed by atoms with Crippen molar-refractivity contribution in [2.45, 2.75) is 30.6 Å². The van der Waals surface area contributed by atoms with Gasteiger partial charge in [-0.25, -0.2) is 45.5 Å². The lowest BCUT2D eigenvalue weighted by Gasteiger charge is -2.15. The van der Waals surface area contributed by atoms with E-state index in [0.29, 0.717) is 22.7 Å². The Morgan fingerprint density at radius 1 is 0.382 bits per heavy atom. The summed E-state index contributed by atoms with van der Waals surface area (Å²) in [6.45, 7) is 5.34. The largest absolute Gasteiger partial charge is 0.333 e. The van der Waals surface area contributed by atoms with E-state index in [-0.39, 0.29) is 26.7 Å². The lowest BCUT2D eigenvalue weighted by Crippen LogP contribution is -2.35. The van der Waals surface area contributed by atoms with E-state index in [4.69, 9.17) is 0 Å². The lowest BCUT2D eigenvalue weighted by molar-refractivity contribution is 0.255. The van der Waals surface area contributed by atoms with Crippen LogP contribution in [-0.2, 0) is 20.0 Å². The first-order valence-electron chi connectivity index (χ1n) is 16.3. The first-order chi connectivity index (χ1) is 26.1. The highest BCUT2D eigenvalue weighted by Gasteiger charge is 2.21. The van der Waals surface area contributed by atoms with Gasteiger partial charge in [0.2, 0.25) is 0 Å². The van der Waals surface area contributed by atoms with E-state index in [1.54, 1.807) is 24.3 Å². The maximum Gasteiger partial charge on any atom is 0.333 e. The minimum atomic E-state index is -4.35. The van der Waals surface area contributed by atoms with Gasteiger partial charge in [0, 0.05) is 34.1 Å². The molecule has 0 spiro atoms. The van der Waals surface area contributed by atoms with Crippen LogP contribution < -0.4 is 41.3 Å². The van der Waals surface area contributed by atoms with Crippen molar-refractivity contribution < 1.29 is 36.0 Å². The summed E-state index contributed by atoms with van der Waals surface area (Å²) in [6, 6.07) is 25.6. The number of rotatable bonds is 10. The molecule has 0 saturated carbocycles. The number of benzene rings is 5. The molecule has 0 atom stereocenters. The molecule has 0 fully saturated rings. The summed E-state index contributed by atoms with van der Waals surface area (Å²) in [5.41, 5.74) is 4.30. The van der Waals surface area contributed by atoms with Crippen LogP contribution in [0.15, 0.2) is 125 Å². The van der Waals surface area contributed by atoms with Crippen LogP contribution in [0.5, 0.6) is 0 Å². The fourth-order valence-electron chi connectivity index (χ4n) is 4.86. The molecule has 0 radical (unpaired) electrons. The number of urea groups is 4. The number of carbonyl (C=O) groups is 4. The van der Waals surface area contributed by atoms with Gasteiger partial charge in [0.25, 0.3) is 20.0 Å². The molecule has 0 unspecified atom stereocenters. The second kappa shape index (κ2) is 16.8. The Morgan fingerprint density at radius 3 is 0.982 bits per heavy atom. The van der Waals surface area contributed by atoms with Gasteiger partial charge in [-0.3, -0.25) is 0 Å². The van der Waals surface area contributed by atoms with E-state index in [1.807, 2.05) is 47.6 Å². The SMILES string of the molecule is Cc1ccc(NC(=O)Nc2ccc(S(=O)(=O)NC(=O)Nc3cccc(NC(=O)NS(=O)(=O)c4ccc(NC(=O)Nc5ccc(C)cc5)cc4)c3C)cc2)cc1. The number of anilines is 6. The molecule has 8 amide bonds. The maximum atomic E-state index is 12.9. The lowest BCUT2D eigenvalue weighted by atomic mass is 10.1. The van der Waals surface area contributed by atoms with E-state index in [0.717, 1.165) is 11.1 Å². The molecule has 0 aliphatic rings. The van der Waals surface area contributed by atoms with Gasteiger partial charge in [0.05, 0.1) is 9.79 Å². The summed E-state index contributed by atoms with van der Waals surface area (Å²) in [7, 11) is -8.70. The molecule has 0 heterocycles. The molecule has 5 aromatic rings. The highest BCUT2D eigenvalue weighted by atomic mass is 32.2. The zero-order valence-corrected chi connectivity index (χ0v) is 31.2. The van der Waals surface area contributed by atoms with Gasteiger partial charge in [-0.05, 0) is 111 Å². The minimum Gasteiger partial charge on any atom is -0.308 e. The summed E-state index contributed by atoms with van der Waals surface area (Å²) in [5.74, 6) is 0. The maximum absolute atomic E-state index is 12.9. The Bertz CT molecular complexity index is 2270. The molecule has 284 valence electrons. The van der Waals surface area contributed by atoms with Crippen molar-refractivity contribution in [3.05, 3.63) is 132 Å². The second-order valence-corrected chi connectivity index (χ2v) is 15.4. The van der Waals surface area contributed by atoms with Crippen LogP contribution in [0.2, 0.25) is 0 Å². The number of amides is 8. The Kier molecular flexibility index (Phi) is 12.0. The molecule has 5 rings (SSSR count). The van der Waals surface area contributed by atoms with Gasteiger partial charge in [-0.15, -0.1) is 0 Å². The molecule has 5 aromatic carbocycles. The van der Waals surface area contributed by atoms with Crippen LogP contribution in [0.1, 0.15) is 16.7 Å². The van der Waals surface area contributed by atoms with Crippen molar-refractivity contribution in [2.75, 3.05) is 31.9 Å². The van der Waals surface area contributed by atoms with E-state index in [1.165, 1.54) is 73.7 Å². The van der Waals surface area contributed by atoms with Crippen molar-refractivity contribution in [1.29, 1.82) is 0 Å². The van der Waals surface area contributed by atoms with Gasteiger partial charge in [0.15, 0.2) is 0 Å². The Balaban J connectivity index is 1.13. The Labute approximate surface area is 317 Å². The molecule has 55 heavy (non-hydrogen) atoms. The summed E-state index contributed by atoms with van der Waals surface area (Å²) < 4.78 is 55.4. The third-order valence-corrected chi connectivity index (χ3v) is 10.4. The van der Waals surface area contributed by atoms with Crippen molar-refractivity contribution >= 4 is 78.3 Å². The quantitative estimate of drug-likeness (QED) is 0.0739. The Morgan fingerprint density at radius 2 is 0.673 bits per heavy atom. The highest BCUT2D eigenvalue weighted by Crippen LogP contribution is 2.24. The molecule has 0 aromatic heterocycles. The van der Waals surface area contributed by atoms with E-state index < -0.39 is 44.2 Å². The summed E-state index contributed by atoms with van der Waals surface area (Å²) in [4.78, 5) is 49.6.